The fourth-order valence-corrected chi connectivity index (χ4v) is 2.78. The molecule has 4 rings (SSSR count). The predicted molar refractivity (Wildman–Crippen MR) is 85.6 cm³/mol. The van der Waals surface area contributed by atoms with Crippen molar-refractivity contribution < 1.29 is 18.7 Å². The molecule has 0 aliphatic carbocycles. The first kappa shape index (κ1) is 14.4. The van der Waals surface area contributed by atoms with Crippen LogP contribution in [0.15, 0.2) is 46.9 Å². The van der Waals surface area contributed by atoms with Crippen molar-refractivity contribution in [2.24, 2.45) is 0 Å². The summed E-state index contributed by atoms with van der Waals surface area (Å²) in [5.74, 6) is 1.02. The molecule has 24 heavy (non-hydrogen) atoms. The van der Waals surface area contributed by atoms with Crippen molar-refractivity contribution in [3.05, 3.63) is 53.6 Å². The molecular weight excluding hydrogens is 308 g/mol. The minimum Gasteiger partial charge on any atom is -0.496 e. The highest BCUT2D eigenvalue weighted by molar-refractivity contribution is 5.95. The average Bonchev–Trinajstić information content (AvgIpc) is 3.20. The van der Waals surface area contributed by atoms with Crippen LogP contribution in [0.1, 0.15) is 28.9 Å². The minimum absolute atomic E-state index is 0.228. The predicted octanol–water partition coefficient (Wildman–Crippen LogP) is 3.64. The summed E-state index contributed by atoms with van der Waals surface area (Å²) in [6.07, 6.45) is -0.228. The van der Waals surface area contributed by atoms with Crippen molar-refractivity contribution in [2.75, 3.05) is 7.11 Å². The average molecular weight is 322 g/mol. The summed E-state index contributed by atoms with van der Waals surface area (Å²) in [5, 5.41) is 8.17. The van der Waals surface area contributed by atoms with Gasteiger partial charge in [0.1, 0.15) is 11.9 Å². The Morgan fingerprint density at radius 3 is 2.67 bits per heavy atom. The monoisotopic (exact) mass is 322 g/mol. The third-order valence-corrected chi connectivity index (χ3v) is 4.00. The molecule has 6 heteroatoms. The van der Waals surface area contributed by atoms with Gasteiger partial charge in [-0.3, -0.25) is 0 Å². The summed E-state index contributed by atoms with van der Waals surface area (Å²) in [6.45, 7) is 1.84. The van der Waals surface area contributed by atoms with Gasteiger partial charge in [-0.1, -0.05) is 18.2 Å². The smallest absolute Gasteiger partial charge is 0.339 e. The van der Waals surface area contributed by atoms with Gasteiger partial charge in [-0.25, -0.2) is 4.79 Å². The van der Waals surface area contributed by atoms with Crippen LogP contribution in [-0.4, -0.2) is 23.3 Å². The first-order chi connectivity index (χ1) is 11.7. The van der Waals surface area contributed by atoms with Gasteiger partial charge in [-0.15, -0.1) is 10.2 Å². The van der Waals surface area contributed by atoms with E-state index in [2.05, 4.69) is 10.2 Å². The van der Waals surface area contributed by atoms with Crippen LogP contribution in [0.5, 0.6) is 5.75 Å². The molecule has 0 spiro atoms. The van der Waals surface area contributed by atoms with Crippen LogP contribution in [0.3, 0.4) is 0 Å². The quantitative estimate of drug-likeness (QED) is 0.685. The summed E-state index contributed by atoms with van der Waals surface area (Å²) < 4.78 is 16.3. The topological polar surface area (TPSA) is 74.5 Å². The van der Waals surface area contributed by atoms with Gasteiger partial charge in [0, 0.05) is 11.1 Å². The number of fused-ring (bicyclic) bond motifs is 1. The SMILES string of the molecule is COc1ccccc1-c1nnc(-c2ccc3c(c2)C(=O)OC3C)o1. The number of hydrogen-bond acceptors (Lipinski definition) is 6. The molecule has 1 unspecified atom stereocenters. The van der Waals surface area contributed by atoms with E-state index in [0.29, 0.717) is 34.2 Å². The van der Waals surface area contributed by atoms with Crippen molar-refractivity contribution in [2.45, 2.75) is 13.0 Å². The molecule has 1 aromatic heterocycles. The van der Waals surface area contributed by atoms with Crippen LogP contribution >= 0.6 is 0 Å². The summed E-state index contributed by atoms with van der Waals surface area (Å²) in [7, 11) is 1.59. The fraction of sp³-hybridized carbons (Fsp3) is 0.167. The Bertz CT molecular complexity index is 932. The molecule has 0 N–H and O–H groups in total. The van der Waals surface area contributed by atoms with Crippen molar-refractivity contribution >= 4 is 5.97 Å². The maximum Gasteiger partial charge on any atom is 0.339 e. The second-order valence-electron chi connectivity index (χ2n) is 5.46. The molecule has 0 fully saturated rings. The van der Waals surface area contributed by atoms with E-state index < -0.39 is 0 Å². The van der Waals surface area contributed by atoms with E-state index in [9.17, 15) is 4.79 Å². The van der Waals surface area contributed by atoms with Crippen LogP contribution in [0, 0.1) is 0 Å². The van der Waals surface area contributed by atoms with Crippen LogP contribution in [0.4, 0.5) is 0 Å². The van der Waals surface area contributed by atoms with Gasteiger partial charge in [0.15, 0.2) is 0 Å². The van der Waals surface area contributed by atoms with Crippen molar-refractivity contribution in [3.63, 3.8) is 0 Å². The van der Waals surface area contributed by atoms with Gasteiger partial charge < -0.3 is 13.9 Å². The van der Waals surface area contributed by atoms with Crippen LogP contribution in [0.25, 0.3) is 22.9 Å². The number of esters is 1. The van der Waals surface area contributed by atoms with E-state index in [-0.39, 0.29) is 12.1 Å². The van der Waals surface area contributed by atoms with Crippen LogP contribution in [0.2, 0.25) is 0 Å². The third-order valence-electron chi connectivity index (χ3n) is 4.00. The summed E-state index contributed by atoms with van der Waals surface area (Å²) in [5.41, 5.74) is 2.80. The molecule has 0 saturated carbocycles. The van der Waals surface area contributed by atoms with Crippen LogP contribution in [-0.2, 0) is 4.74 Å². The summed E-state index contributed by atoms with van der Waals surface area (Å²) >= 11 is 0. The molecule has 0 amide bonds. The first-order valence-corrected chi connectivity index (χ1v) is 7.49. The molecule has 0 radical (unpaired) electrons. The first-order valence-electron chi connectivity index (χ1n) is 7.49. The Labute approximate surface area is 138 Å². The Morgan fingerprint density at radius 2 is 1.83 bits per heavy atom. The zero-order valence-corrected chi connectivity index (χ0v) is 13.1. The van der Waals surface area contributed by atoms with Gasteiger partial charge in [-0.2, -0.15) is 0 Å². The van der Waals surface area contributed by atoms with Crippen molar-refractivity contribution in [3.8, 4) is 28.7 Å². The highest BCUT2D eigenvalue weighted by atomic mass is 16.5. The number of nitrogens with zero attached hydrogens (tertiary/aromatic N) is 2. The number of carbonyl (C=O) groups is 1. The lowest BCUT2D eigenvalue weighted by molar-refractivity contribution is 0.0422. The largest absolute Gasteiger partial charge is 0.496 e. The summed E-state index contributed by atoms with van der Waals surface area (Å²) in [4.78, 5) is 11.9. The number of carbonyl (C=O) groups excluding carboxylic acids is 1. The molecular formula is C18H14N2O4. The van der Waals surface area contributed by atoms with Gasteiger partial charge in [-0.05, 0) is 31.2 Å². The molecule has 6 nitrogen and oxygen atoms in total. The lowest BCUT2D eigenvalue weighted by Gasteiger charge is -2.03. The molecule has 2 heterocycles. The van der Waals surface area contributed by atoms with Gasteiger partial charge in [0.2, 0.25) is 5.89 Å². The lowest BCUT2D eigenvalue weighted by atomic mass is 10.0. The van der Waals surface area contributed by atoms with Crippen molar-refractivity contribution in [1.82, 2.24) is 10.2 Å². The molecule has 1 atom stereocenters. The number of hydrogen-bond donors (Lipinski definition) is 0. The molecule has 0 saturated heterocycles. The van der Waals surface area contributed by atoms with Gasteiger partial charge in [0.25, 0.3) is 5.89 Å². The second kappa shape index (κ2) is 5.49. The van der Waals surface area contributed by atoms with E-state index in [1.165, 1.54) is 0 Å². The van der Waals surface area contributed by atoms with E-state index in [0.717, 1.165) is 5.56 Å². The number of aromatic nitrogens is 2. The number of para-hydroxylation sites is 1. The fourth-order valence-electron chi connectivity index (χ4n) is 2.78. The third kappa shape index (κ3) is 2.23. The molecule has 3 aromatic rings. The molecule has 1 aliphatic rings. The zero-order valence-electron chi connectivity index (χ0n) is 13.1. The molecule has 120 valence electrons. The molecule has 2 aromatic carbocycles. The Hall–Kier alpha value is -3.15. The minimum atomic E-state index is -0.330. The number of methoxy groups -OCH3 is 1. The maximum absolute atomic E-state index is 11.9. The standard InChI is InChI=1S/C18H14N2O4/c1-10-12-8-7-11(9-14(12)18(21)23-10)16-19-20-17(24-16)13-5-3-4-6-15(13)22-2/h3-10H,1-2H3. The van der Waals surface area contributed by atoms with E-state index in [4.69, 9.17) is 13.9 Å². The number of ether oxygens (including phenoxy) is 2. The number of rotatable bonds is 3. The van der Waals surface area contributed by atoms with Gasteiger partial charge >= 0.3 is 5.97 Å². The lowest BCUT2D eigenvalue weighted by Crippen LogP contribution is -1.94. The highest BCUT2D eigenvalue weighted by Gasteiger charge is 2.28. The zero-order chi connectivity index (χ0) is 16.7. The van der Waals surface area contributed by atoms with Gasteiger partial charge in [0.05, 0.1) is 18.2 Å². The Balaban J connectivity index is 1.74. The van der Waals surface area contributed by atoms with E-state index in [1.807, 2.05) is 43.3 Å². The number of cyclic esters (lactones) is 1. The molecule has 0 bridgehead atoms. The summed E-state index contributed by atoms with van der Waals surface area (Å²) in [6, 6.07) is 12.8. The van der Waals surface area contributed by atoms with E-state index >= 15 is 0 Å². The highest BCUT2D eigenvalue weighted by Crippen LogP contribution is 2.34. The second-order valence-corrected chi connectivity index (χ2v) is 5.46. The van der Waals surface area contributed by atoms with Crippen molar-refractivity contribution in [1.29, 1.82) is 0 Å². The Kier molecular flexibility index (Phi) is 3.30. The maximum atomic E-state index is 11.9. The molecule has 1 aliphatic heterocycles. The van der Waals surface area contributed by atoms with Crippen LogP contribution < -0.4 is 4.74 Å². The number of benzene rings is 2. The Morgan fingerprint density at radius 1 is 1.04 bits per heavy atom. The normalized spacial score (nSPS) is 15.9. The van der Waals surface area contributed by atoms with E-state index in [1.54, 1.807) is 13.2 Å².